The molecule has 2 heteroatoms. The average molecular weight is 577 g/mol. The second kappa shape index (κ2) is 6.77. The third-order valence-electron chi connectivity index (χ3n) is 13.3. The van der Waals surface area contributed by atoms with Crippen LogP contribution in [0.5, 0.6) is 11.5 Å². The lowest BCUT2D eigenvalue weighted by Gasteiger charge is -2.51. The molecule has 0 amide bonds. The first-order chi connectivity index (χ1) is 22.2. The van der Waals surface area contributed by atoms with Gasteiger partial charge in [0.15, 0.2) is 0 Å². The highest BCUT2D eigenvalue weighted by molar-refractivity contribution is 5.99. The molecule has 0 radical (unpaired) electrons. The minimum Gasteiger partial charge on any atom is -0.497 e. The van der Waals surface area contributed by atoms with Crippen LogP contribution in [0.2, 0.25) is 0 Å². The van der Waals surface area contributed by atoms with E-state index >= 15 is 0 Å². The summed E-state index contributed by atoms with van der Waals surface area (Å²) in [6.45, 7) is 0. The molecular weight excluding hydrogens is 548 g/mol. The molecule has 0 saturated heterocycles. The van der Waals surface area contributed by atoms with Crippen molar-refractivity contribution in [1.82, 2.24) is 0 Å². The molecular formula is C43H28O2. The van der Waals surface area contributed by atoms with Crippen LogP contribution >= 0.6 is 0 Å². The molecule has 6 aromatic carbocycles. The number of fused-ring (bicyclic) bond motifs is 6. The van der Waals surface area contributed by atoms with Crippen molar-refractivity contribution in [2.75, 3.05) is 14.2 Å². The van der Waals surface area contributed by atoms with Gasteiger partial charge in [0.2, 0.25) is 0 Å². The van der Waals surface area contributed by atoms with Gasteiger partial charge in [-0.1, -0.05) is 109 Å². The van der Waals surface area contributed by atoms with E-state index in [1.165, 1.54) is 66.8 Å². The predicted octanol–water partition coefficient (Wildman–Crippen LogP) is 8.01. The fourth-order valence-corrected chi connectivity index (χ4v) is 13.0. The van der Waals surface area contributed by atoms with Crippen molar-refractivity contribution in [3.63, 3.8) is 0 Å². The topological polar surface area (TPSA) is 18.5 Å². The molecule has 0 heterocycles. The van der Waals surface area contributed by atoms with E-state index in [1.807, 2.05) is 0 Å². The molecule has 6 aromatic rings. The minimum absolute atomic E-state index is 0.357. The van der Waals surface area contributed by atoms with Gasteiger partial charge in [0.25, 0.3) is 0 Å². The van der Waals surface area contributed by atoms with E-state index in [9.17, 15) is 0 Å². The summed E-state index contributed by atoms with van der Waals surface area (Å²) >= 11 is 0. The lowest BCUT2D eigenvalue weighted by molar-refractivity contribution is 0.108. The number of ether oxygens (including phenoxy) is 2. The van der Waals surface area contributed by atoms with Crippen molar-refractivity contribution < 1.29 is 9.47 Å². The van der Waals surface area contributed by atoms with Crippen molar-refractivity contribution in [3.05, 3.63) is 200 Å². The zero-order chi connectivity index (χ0) is 29.6. The summed E-state index contributed by atoms with van der Waals surface area (Å²) in [6, 6.07) is 51.8. The quantitative estimate of drug-likeness (QED) is 0.208. The Morgan fingerprint density at radius 3 is 0.822 bits per heavy atom. The van der Waals surface area contributed by atoms with Gasteiger partial charge >= 0.3 is 0 Å². The summed E-state index contributed by atoms with van der Waals surface area (Å²) in [4.78, 5) is 0. The van der Waals surface area contributed by atoms with Gasteiger partial charge in [0, 0.05) is 5.41 Å². The molecule has 0 bridgehead atoms. The van der Waals surface area contributed by atoms with Gasteiger partial charge in [-0.2, -0.15) is 0 Å². The highest BCUT2D eigenvalue weighted by Gasteiger charge is 2.99. The largest absolute Gasteiger partial charge is 0.497 e. The van der Waals surface area contributed by atoms with E-state index in [-0.39, 0.29) is 5.41 Å². The van der Waals surface area contributed by atoms with Gasteiger partial charge < -0.3 is 9.47 Å². The second-order valence-electron chi connectivity index (χ2n) is 13.8. The number of benzene rings is 6. The third-order valence-corrected chi connectivity index (χ3v) is 13.3. The fraction of sp³-hybridized carbons (Fsp3) is 0.163. The standard InChI is InChI=1S/C43H28O2/c1-44-25-19-21-35-37(23-25)41-31-15-7-5-13-29(31)40-28-12-4-3-11-27(28)39(35)30-14-6-8-16-32(30)42(43(39,40)41,34-18-10-9-17-33(34)41)38-24-26(45-2)20-22-36(38)40/h3-24H,1-2H3/t39-,40-,41+,42+,43?/m0/s1. The van der Waals surface area contributed by atoms with Crippen LogP contribution in [0.15, 0.2) is 133 Å². The minimum atomic E-state index is -0.422. The normalized spacial score (nSPS) is 31.3. The van der Waals surface area contributed by atoms with Crippen molar-refractivity contribution >= 4 is 0 Å². The maximum Gasteiger partial charge on any atom is 0.119 e. The van der Waals surface area contributed by atoms with Crippen molar-refractivity contribution in [3.8, 4) is 11.5 Å². The fourth-order valence-electron chi connectivity index (χ4n) is 13.0. The van der Waals surface area contributed by atoms with E-state index in [2.05, 4.69) is 133 Å². The van der Waals surface area contributed by atoms with E-state index < -0.39 is 21.7 Å². The Bertz CT molecular complexity index is 2240. The molecule has 12 rings (SSSR count). The molecule has 0 N–H and O–H groups in total. The average Bonchev–Trinajstić information content (AvgIpc) is 3.81. The molecule has 1 spiro atoms. The maximum absolute atomic E-state index is 6.05. The van der Waals surface area contributed by atoms with Gasteiger partial charge in [-0.15, -0.1) is 0 Å². The Kier molecular flexibility index (Phi) is 3.51. The first-order valence-corrected chi connectivity index (χ1v) is 16.0. The molecule has 2 nitrogen and oxygen atoms in total. The Morgan fingerprint density at radius 1 is 0.311 bits per heavy atom. The van der Waals surface area contributed by atoms with Crippen LogP contribution in [0.3, 0.4) is 0 Å². The summed E-state index contributed by atoms with van der Waals surface area (Å²) in [5.74, 6) is 1.83. The molecule has 212 valence electrons. The van der Waals surface area contributed by atoms with Crippen LogP contribution in [0, 0.1) is 5.41 Å². The smallest absolute Gasteiger partial charge is 0.119 e. The Morgan fingerprint density at radius 2 is 0.556 bits per heavy atom. The van der Waals surface area contributed by atoms with Gasteiger partial charge in [-0.05, 0) is 91.0 Å². The molecule has 0 aliphatic heterocycles. The Balaban J connectivity index is 1.51. The van der Waals surface area contributed by atoms with Crippen LogP contribution in [-0.4, -0.2) is 14.2 Å². The van der Waals surface area contributed by atoms with Crippen LogP contribution in [0.25, 0.3) is 0 Å². The summed E-state index contributed by atoms with van der Waals surface area (Å²) in [5.41, 5.74) is 15.2. The van der Waals surface area contributed by atoms with Crippen LogP contribution < -0.4 is 9.47 Å². The molecule has 0 aromatic heterocycles. The zero-order valence-electron chi connectivity index (χ0n) is 25.0. The second-order valence-corrected chi connectivity index (χ2v) is 13.8. The van der Waals surface area contributed by atoms with Crippen molar-refractivity contribution in [2.45, 2.75) is 21.7 Å². The SMILES string of the molecule is COc1ccc2c(c1)[C@@]13c4ccccc4[C@@]45c6ccccc6[C@]26c2ccccc2[C@@](c2ccccc21)(c1cc(OC)ccc14)C563. The highest BCUT2D eigenvalue weighted by Crippen LogP contribution is 2.99. The number of hydrogen-bond donors (Lipinski definition) is 0. The van der Waals surface area contributed by atoms with Crippen molar-refractivity contribution in [1.29, 1.82) is 0 Å². The highest BCUT2D eigenvalue weighted by atomic mass is 16.5. The Labute approximate surface area is 261 Å². The van der Waals surface area contributed by atoms with E-state index in [0.717, 1.165) is 11.5 Å². The molecule has 4 atom stereocenters. The monoisotopic (exact) mass is 576 g/mol. The lowest BCUT2D eigenvalue weighted by atomic mass is 9.47. The summed E-state index contributed by atoms with van der Waals surface area (Å²) in [6.07, 6.45) is 0. The predicted molar refractivity (Wildman–Crippen MR) is 174 cm³/mol. The molecule has 6 aliphatic rings. The van der Waals surface area contributed by atoms with Crippen LogP contribution in [-0.2, 0) is 21.7 Å². The summed E-state index contributed by atoms with van der Waals surface area (Å²) in [5, 5.41) is 0. The molecule has 6 aliphatic carbocycles. The van der Waals surface area contributed by atoms with Crippen LogP contribution in [0.4, 0.5) is 0 Å². The van der Waals surface area contributed by atoms with E-state index in [1.54, 1.807) is 14.2 Å². The zero-order valence-corrected chi connectivity index (χ0v) is 25.0. The molecule has 0 unspecified atom stereocenters. The van der Waals surface area contributed by atoms with Gasteiger partial charge in [0.1, 0.15) is 11.5 Å². The molecule has 45 heavy (non-hydrogen) atoms. The van der Waals surface area contributed by atoms with E-state index in [0.29, 0.717) is 0 Å². The number of rotatable bonds is 2. The number of hydrogen-bond acceptors (Lipinski definition) is 2. The number of methoxy groups -OCH3 is 2. The van der Waals surface area contributed by atoms with Crippen molar-refractivity contribution in [2.24, 2.45) is 5.41 Å². The Hall–Kier alpha value is -5.08. The first-order valence-electron chi connectivity index (χ1n) is 16.0. The van der Waals surface area contributed by atoms with Gasteiger partial charge in [-0.25, -0.2) is 0 Å². The van der Waals surface area contributed by atoms with Crippen LogP contribution in [0.1, 0.15) is 66.8 Å². The molecule has 0 fully saturated rings. The third kappa shape index (κ3) is 1.69. The van der Waals surface area contributed by atoms with Gasteiger partial charge in [0.05, 0.1) is 35.9 Å². The molecule has 0 saturated carbocycles. The first kappa shape index (κ1) is 23.3. The summed E-state index contributed by atoms with van der Waals surface area (Å²) in [7, 11) is 3.61. The van der Waals surface area contributed by atoms with E-state index in [4.69, 9.17) is 9.47 Å². The summed E-state index contributed by atoms with van der Waals surface area (Å²) < 4.78 is 12.1. The lowest BCUT2D eigenvalue weighted by Crippen LogP contribution is -2.57. The van der Waals surface area contributed by atoms with Gasteiger partial charge in [-0.3, -0.25) is 0 Å². The maximum atomic E-state index is 6.05.